The quantitative estimate of drug-likeness (QED) is 0.788. The Kier molecular flexibility index (Phi) is 7.00. The number of nitrogens with one attached hydrogen (secondary N) is 1. The summed E-state index contributed by atoms with van der Waals surface area (Å²) in [6.07, 6.45) is 0.988. The maximum absolute atomic E-state index is 4.84. The van der Waals surface area contributed by atoms with E-state index in [1.807, 2.05) is 7.05 Å². The zero-order chi connectivity index (χ0) is 15.1. The molecule has 1 N–H and O–H groups in total. The second kappa shape index (κ2) is 8.25. The van der Waals surface area contributed by atoms with Crippen LogP contribution < -0.4 is 10.2 Å². The van der Waals surface area contributed by atoms with E-state index in [4.69, 9.17) is 4.98 Å². The van der Waals surface area contributed by atoms with E-state index in [9.17, 15) is 0 Å². The van der Waals surface area contributed by atoms with Crippen molar-refractivity contribution in [1.29, 1.82) is 0 Å². The molecule has 0 radical (unpaired) electrons. The Morgan fingerprint density at radius 1 is 1.10 bits per heavy atom. The van der Waals surface area contributed by atoms with Crippen molar-refractivity contribution in [2.24, 2.45) is 11.8 Å². The molecule has 114 valence electrons. The van der Waals surface area contributed by atoms with E-state index in [2.05, 4.69) is 57.0 Å². The van der Waals surface area contributed by atoms with Crippen LogP contribution in [-0.2, 0) is 13.0 Å². The van der Waals surface area contributed by atoms with E-state index < -0.39 is 0 Å². The Bertz CT molecular complexity index is 389. The monoisotopic (exact) mass is 277 g/mol. The minimum absolute atomic E-state index is 0.647. The Morgan fingerprint density at radius 3 is 2.15 bits per heavy atom. The Balaban J connectivity index is 3.06. The lowest BCUT2D eigenvalue weighted by molar-refractivity contribution is 0.548. The van der Waals surface area contributed by atoms with Crippen molar-refractivity contribution >= 4 is 5.82 Å². The van der Waals surface area contributed by atoms with Crippen molar-refractivity contribution in [3.05, 3.63) is 23.4 Å². The van der Waals surface area contributed by atoms with Gasteiger partial charge in [0.05, 0.1) is 0 Å². The SMILES string of the molecule is CCc1cc(CNC)cc(N(CC(C)C)CC(C)C)n1. The molecule has 1 aromatic heterocycles. The van der Waals surface area contributed by atoms with Gasteiger partial charge in [-0.3, -0.25) is 0 Å². The van der Waals surface area contributed by atoms with Gasteiger partial charge in [-0.15, -0.1) is 0 Å². The number of hydrogen-bond donors (Lipinski definition) is 1. The van der Waals surface area contributed by atoms with Crippen LogP contribution in [0.15, 0.2) is 12.1 Å². The third kappa shape index (κ3) is 5.49. The van der Waals surface area contributed by atoms with Crippen LogP contribution in [0.1, 0.15) is 45.9 Å². The van der Waals surface area contributed by atoms with E-state index in [1.165, 1.54) is 11.3 Å². The van der Waals surface area contributed by atoms with Gasteiger partial charge < -0.3 is 10.2 Å². The van der Waals surface area contributed by atoms with Gasteiger partial charge in [-0.1, -0.05) is 34.6 Å². The topological polar surface area (TPSA) is 28.2 Å². The highest BCUT2D eigenvalue weighted by Gasteiger charge is 2.13. The van der Waals surface area contributed by atoms with Crippen LogP contribution in [0.5, 0.6) is 0 Å². The minimum Gasteiger partial charge on any atom is -0.356 e. The maximum Gasteiger partial charge on any atom is 0.129 e. The van der Waals surface area contributed by atoms with Crippen LogP contribution in [0.4, 0.5) is 5.82 Å². The minimum atomic E-state index is 0.647. The van der Waals surface area contributed by atoms with Crippen molar-refractivity contribution in [2.75, 3.05) is 25.0 Å². The van der Waals surface area contributed by atoms with Gasteiger partial charge in [-0.05, 0) is 43.0 Å². The van der Waals surface area contributed by atoms with Crippen LogP contribution in [0.3, 0.4) is 0 Å². The number of rotatable bonds is 8. The van der Waals surface area contributed by atoms with Gasteiger partial charge in [0.2, 0.25) is 0 Å². The second-order valence-corrected chi connectivity index (χ2v) is 6.40. The summed E-state index contributed by atoms with van der Waals surface area (Å²) in [4.78, 5) is 7.28. The Labute approximate surface area is 124 Å². The molecule has 0 aliphatic heterocycles. The van der Waals surface area contributed by atoms with E-state index >= 15 is 0 Å². The second-order valence-electron chi connectivity index (χ2n) is 6.40. The highest BCUT2D eigenvalue weighted by molar-refractivity contribution is 5.43. The first kappa shape index (κ1) is 17.0. The summed E-state index contributed by atoms with van der Waals surface area (Å²) < 4.78 is 0. The molecule has 0 spiro atoms. The number of aromatic nitrogens is 1. The molecule has 1 heterocycles. The van der Waals surface area contributed by atoms with Gasteiger partial charge in [0.25, 0.3) is 0 Å². The molecule has 0 aliphatic rings. The molecule has 3 heteroatoms. The van der Waals surface area contributed by atoms with Gasteiger partial charge in [0, 0.05) is 25.3 Å². The smallest absolute Gasteiger partial charge is 0.129 e. The molecule has 20 heavy (non-hydrogen) atoms. The largest absolute Gasteiger partial charge is 0.356 e. The summed E-state index contributed by atoms with van der Waals surface area (Å²) >= 11 is 0. The molecular formula is C17H31N3. The molecule has 0 unspecified atom stereocenters. The fourth-order valence-electron chi connectivity index (χ4n) is 2.43. The van der Waals surface area contributed by atoms with Gasteiger partial charge in [-0.25, -0.2) is 4.98 Å². The first-order valence-electron chi connectivity index (χ1n) is 7.85. The zero-order valence-electron chi connectivity index (χ0n) is 14.0. The average Bonchev–Trinajstić information content (AvgIpc) is 2.37. The summed E-state index contributed by atoms with van der Waals surface area (Å²) in [5.41, 5.74) is 2.51. The fraction of sp³-hybridized carbons (Fsp3) is 0.706. The lowest BCUT2D eigenvalue weighted by Gasteiger charge is -2.28. The number of pyridine rings is 1. The number of hydrogen-bond acceptors (Lipinski definition) is 3. The number of nitrogens with zero attached hydrogens (tertiary/aromatic N) is 2. The molecule has 1 rings (SSSR count). The van der Waals surface area contributed by atoms with E-state index in [-0.39, 0.29) is 0 Å². The molecule has 0 bridgehead atoms. The zero-order valence-corrected chi connectivity index (χ0v) is 14.0. The van der Waals surface area contributed by atoms with Crippen molar-refractivity contribution in [3.63, 3.8) is 0 Å². The third-order valence-corrected chi connectivity index (χ3v) is 3.16. The predicted molar refractivity (Wildman–Crippen MR) is 88.3 cm³/mol. The van der Waals surface area contributed by atoms with E-state index in [1.54, 1.807) is 0 Å². The van der Waals surface area contributed by atoms with Gasteiger partial charge in [-0.2, -0.15) is 0 Å². The average molecular weight is 277 g/mol. The first-order chi connectivity index (χ1) is 9.46. The number of aryl methyl sites for hydroxylation is 1. The van der Waals surface area contributed by atoms with Crippen molar-refractivity contribution in [2.45, 2.75) is 47.6 Å². The highest BCUT2D eigenvalue weighted by atomic mass is 15.2. The summed E-state index contributed by atoms with van der Waals surface area (Å²) in [5.74, 6) is 2.43. The van der Waals surface area contributed by atoms with Crippen LogP contribution in [0.25, 0.3) is 0 Å². The van der Waals surface area contributed by atoms with Crippen LogP contribution in [0, 0.1) is 11.8 Å². The van der Waals surface area contributed by atoms with Crippen LogP contribution >= 0.6 is 0 Å². The predicted octanol–water partition coefficient (Wildman–Crippen LogP) is 3.48. The molecule has 0 amide bonds. The van der Waals surface area contributed by atoms with Crippen molar-refractivity contribution in [1.82, 2.24) is 10.3 Å². The fourth-order valence-corrected chi connectivity index (χ4v) is 2.43. The van der Waals surface area contributed by atoms with Crippen LogP contribution in [0.2, 0.25) is 0 Å². The standard InChI is InChI=1S/C17H31N3/c1-7-16-8-15(10-18-6)9-17(19-16)20(11-13(2)3)12-14(4)5/h8-9,13-14,18H,7,10-12H2,1-6H3. The number of anilines is 1. The lowest BCUT2D eigenvalue weighted by atomic mass is 10.1. The van der Waals surface area contributed by atoms with Gasteiger partial charge in [0.15, 0.2) is 0 Å². The summed E-state index contributed by atoms with van der Waals surface area (Å²) in [5, 5.41) is 3.24. The molecular weight excluding hydrogens is 246 g/mol. The summed E-state index contributed by atoms with van der Waals surface area (Å²) in [7, 11) is 1.99. The van der Waals surface area contributed by atoms with Crippen LogP contribution in [-0.4, -0.2) is 25.1 Å². The molecule has 0 saturated heterocycles. The highest BCUT2D eigenvalue weighted by Crippen LogP contribution is 2.18. The van der Waals surface area contributed by atoms with Gasteiger partial charge >= 0.3 is 0 Å². The van der Waals surface area contributed by atoms with Crippen molar-refractivity contribution in [3.8, 4) is 0 Å². The molecule has 0 fully saturated rings. The first-order valence-corrected chi connectivity index (χ1v) is 7.85. The van der Waals surface area contributed by atoms with Crippen molar-refractivity contribution < 1.29 is 0 Å². The molecule has 1 aromatic rings. The third-order valence-electron chi connectivity index (χ3n) is 3.16. The molecule has 0 aliphatic carbocycles. The molecule has 0 aromatic carbocycles. The van der Waals surface area contributed by atoms with E-state index in [0.29, 0.717) is 11.8 Å². The summed E-state index contributed by atoms with van der Waals surface area (Å²) in [6.45, 7) is 14.3. The molecule has 3 nitrogen and oxygen atoms in total. The molecule has 0 saturated carbocycles. The lowest BCUT2D eigenvalue weighted by Crippen LogP contribution is -2.32. The Hall–Kier alpha value is -1.09. The maximum atomic E-state index is 4.84. The molecule has 0 atom stereocenters. The van der Waals surface area contributed by atoms with Gasteiger partial charge in [0.1, 0.15) is 5.82 Å². The normalized spacial score (nSPS) is 11.4. The summed E-state index contributed by atoms with van der Waals surface area (Å²) in [6, 6.07) is 4.45. The Morgan fingerprint density at radius 2 is 1.70 bits per heavy atom. The van der Waals surface area contributed by atoms with E-state index in [0.717, 1.165) is 31.9 Å².